The van der Waals surface area contributed by atoms with Gasteiger partial charge in [-0.15, -0.1) is 0 Å². The van der Waals surface area contributed by atoms with Crippen molar-refractivity contribution in [2.24, 2.45) is 0 Å². The minimum atomic E-state index is -1.15. The molecule has 0 radical (unpaired) electrons. The van der Waals surface area contributed by atoms with Crippen molar-refractivity contribution in [2.45, 2.75) is 17.8 Å². The molecule has 1 fully saturated rings. The number of hydrogen-bond acceptors (Lipinski definition) is 4. The maximum absolute atomic E-state index is 12.5. The van der Waals surface area contributed by atoms with Crippen LogP contribution >= 0.6 is 11.8 Å². The van der Waals surface area contributed by atoms with E-state index in [2.05, 4.69) is 5.32 Å². The van der Waals surface area contributed by atoms with Gasteiger partial charge in [0.05, 0.1) is 6.42 Å². The van der Waals surface area contributed by atoms with Crippen LogP contribution in [0, 0.1) is 0 Å². The topological polar surface area (TPSA) is 86.7 Å². The molecule has 0 spiro atoms. The van der Waals surface area contributed by atoms with Crippen LogP contribution in [0.15, 0.2) is 66.4 Å². The number of thioether (sulfide) groups is 1. The molecule has 4 rings (SSSR count). The fraction of sp³-hybridized carbons (Fsp3) is 0.150. The standard InChI is InChI=1S/C20H16N2O4S/c23-14(11-12-7-3-1-4-8-12)21-15-18(24)22-16(20(25)26)17(27-19(15)22)13-9-5-2-6-10-13/h1-10,15,19H,11H2,(H,21,23)(H,25,26)/t15?,19-/m0/s1. The molecule has 1 unspecified atom stereocenters. The number of rotatable bonds is 5. The summed E-state index contributed by atoms with van der Waals surface area (Å²) in [4.78, 5) is 38.4. The molecule has 7 heteroatoms. The van der Waals surface area contributed by atoms with Gasteiger partial charge in [0.25, 0.3) is 5.91 Å². The van der Waals surface area contributed by atoms with Crippen LogP contribution in [-0.2, 0) is 20.8 Å². The van der Waals surface area contributed by atoms with Crippen LogP contribution in [0.1, 0.15) is 11.1 Å². The Morgan fingerprint density at radius 3 is 2.30 bits per heavy atom. The number of benzene rings is 2. The first-order chi connectivity index (χ1) is 13.1. The summed E-state index contributed by atoms with van der Waals surface area (Å²) in [5.74, 6) is -1.80. The highest BCUT2D eigenvalue weighted by Gasteiger charge is 2.56. The summed E-state index contributed by atoms with van der Waals surface area (Å²) in [6.45, 7) is 0. The first-order valence-electron chi connectivity index (χ1n) is 8.42. The van der Waals surface area contributed by atoms with Gasteiger partial charge in [0.2, 0.25) is 5.91 Å². The zero-order chi connectivity index (χ0) is 19.0. The number of nitrogens with one attached hydrogen (secondary N) is 1. The Bertz CT molecular complexity index is 943. The molecule has 2 aliphatic rings. The van der Waals surface area contributed by atoms with Gasteiger partial charge < -0.3 is 10.4 Å². The Morgan fingerprint density at radius 2 is 1.67 bits per heavy atom. The minimum Gasteiger partial charge on any atom is -0.477 e. The summed E-state index contributed by atoms with van der Waals surface area (Å²) in [5.41, 5.74) is 1.58. The number of carboxylic acid groups (broad SMARTS) is 1. The highest BCUT2D eigenvalue weighted by Crippen LogP contribution is 2.50. The molecule has 0 bridgehead atoms. The van der Waals surface area contributed by atoms with Crippen molar-refractivity contribution in [1.82, 2.24) is 10.2 Å². The summed E-state index contributed by atoms with van der Waals surface area (Å²) < 4.78 is 0. The van der Waals surface area contributed by atoms with Crippen LogP contribution in [0.2, 0.25) is 0 Å². The summed E-state index contributed by atoms with van der Waals surface area (Å²) >= 11 is 1.30. The number of β-lactam (4-membered cyclic amide) rings is 1. The average molecular weight is 380 g/mol. The van der Waals surface area contributed by atoms with E-state index in [0.717, 1.165) is 11.1 Å². The number of carboxylic acids is 1. The number of aliphatic carboxylic acids is 1. The molecule has 2 amide bonds. The predicted octanol–water partition coefficient (Wildman–Crippen LogP) is 2.08. The SMILES string of the molecule is O=C(Cc1ccccc1)NC1C(=O)N2C(C(=O)O)=C(c3ccccc3)S[C@@H]12. The van der Waals surface area contributed by atoms with E-state index in [0.29, 0.717) is 4.91 Å². The maximum atomic E-state index is 12.5. The van der Waals surface area contributed by atoms with Crippen LogP contribution < -0.4 is 5.32 Å². The molecule has 2 atom stereocenters. The predicted molar refractivity (Wildman–Crippen MR) is 101 cm³/mol. The van der Waals surface area contributed by atoms with Crippen molar-refractivity contribution in [3.8, 4) is 0 Å². The van der Waals surface area contributed by atoms with Gasteiger partial charge in [-0.05, 0) is 11.1 Å². The van der Waals surface area contributed by atoms with Gasteiger partial charge in [0, 0.05) is 4.91 Å². The molecular weight excluding hydrogens is 364 g/mol. The van der Waals surface area contributed by atoms with Crippen molar-refractivity contribution >= 4 is 34.5 Å². The van der Waals surface area contributed by atoms with E-state index < -0.39 is 23.3 Å². The number of amides is 2. The van der Waals surface area contributed by atoms with Crippen LogP contribution in [0.25, 0.3) is 4.91 Å². The third-order valence-electron chi connectivity index (χ3n) is 4.50. The lowest BCUT2D eigenvalue weighted by Crippen LogP contribution is -2.67. The molecule has 2 aromatic rings. The number of carbonyl (C=O) groups excluding carboxylic acids is 2. The third kappa shape index (κ3) is 3.10. The lowest BCUT2D eigenvalue weighted by Gasteiger charge is -2.42. The minimum absolute atomic E-state index is 0.0187. The zero-order valence-electron chi connectivity index (χ0n) is 14.2. The van der Waals surface area contributed by atoms with Gasteiger partial charge in [-0.25, -0.2) is 4.79 Å². The number of carbonyl (C=O) groups is 3. The second kappa shape index (κ2) is 6.92. The molecule has 0 saturated carbocycles. The lowest BCUT2D eigenvalue weighted by molar-refractivity contribution is -0.149. The summed E-state index contributed by atoms with van der Waals surface area (Å²) in [7, 11) is 0. The van der Waals surface area contributed by atoms with Gasteiger partial charge in [-0.2, -0.15) is 0 Å². The number of nitrogens with zero attached hydrogens (tertiary/aromatic N) is 1. The van der Waals surface area contributed by atoms with E-state index in [1.54, 1.807) is 0 Å². The van der Waals surface area contributed by atoms with Crippen molar-refractivity contribution in [1.29, 1.82) is 0 Å². The number of hydrogen-bond donors (Lipinski definition) is 2. The highest BCUT2D eigenvalue weighted by molar-refractivity contribution is 8.09. The molecule has 2 heterocycles. The van der Waals surface area contributed by atoms with Crippen LogP contribution in [-0.4, -0.2) is 39.2 Å². The van der Waals surface area contributed by atoms with E-state index in [-0.39, 0.29) is 18.0 Å². The van der Waals surface area contributed by atoms with Gasteiger partial charge in [-0.1, -0.05) is 72.4 Å². The average Bonchev–Trinajstić information content (AvgIpc) is 3.04. The zero-order valence-corrected chi connectivity index (χ0v) is 15.0. The Morgan fingerprint density at radius 1 is 1.04 bits per heavy atom. The van der Waals surface area contributed by atoms with Crippen LogP contribution in [0.5, 0.6) is 0 Å². The van der Waals surface area contributed by atoms with Crippen LogP contribution in [0.3, 0.4) is 0 Å². The first-order valence-corrected chi connectivity index (χ1v) is 9.30. The molecule has 136 valence electrons. The lowest BCUT2D eigenvalue weighted by atomic mass is 10.0. The molecule has 2 aliphatic heterocycles. The van der Waals surface area contributed by atoms with Crippen molar-refractivity contribution in [2.75, 3.05) is 0 Å². The normalized spacial score (nSPS) is 20.9. The Balaban J connectivity index is 1.51. The fourth-order valence-electron chi connectivity index (χ4n) is 3.24. The molecular formula is C20H16N2O4S. The van der Waals surface area contributed by atoms with E-state index in [9.17, 15) is 19.5 Å². The third-order valence-corrected chi connectivity index (χ3v) is 5.89. The first kappa shape index (κ1) is 17.4. The van der Waals surface area contributed by atoms with Gasteiger partial charge in [0.1, 0.15) is 17.1 Å². The van der Waals surface area contributed by atoms with Crippen molar-refractivity contribution < 1.29 is 19.5 Å². The second-order valence-electron chi connectivity index (χ2n) is 6.27. The van der Waals surface area contributed by atoms with E-state index in [1.807, 2.05) is 60.7 Å². The van der Waals surface area contributed by atoms with E-state index in [4.69, 9.17) is 0 Å². The molecule has 0 aliphatic carbocycles. The van der Waals surface area contributed by atoms with Gasteiger partial charge in [0.15, 0.2) is 0 Å². The summed E-state index contributed by atoms with van der Waals surface area (Å²) in [5, 5.41) is 11.9. The Kier molecular flexibility index (Phi) is 4.45. The van der Waals surface area contributed by atoms with Crippen LogP contribution in [0.4, 0.5) is 0 Å². The fourth-order valence-corrected chi connectivity index (χ4v) is 4.69. The molecule has 1 saturated heterocycles. The van der Waals surface area contributed by atoms with Crippen molar-refractivity contribution in [3.05, 3.63) is 77.5 Å². The van der Waals surface area contributed by atoms with Gasteiger partial charge in [-0.3, -0.25) is 14.5 Å². The van der Waals surface area contributed by atoms with E-state index in [1.165, 1.54) is 16.7 Å². The number of fused-ring (bicyclic) bond motifs is 1. The molecule has 2 aromatic carbocycles. The van der Waals surface area contributed by atoms with E-state index >= 15 is 0 Å². The van der Waals surface area contributed by atoms with Gasteiger partial charge >= 0.3 is 5.97 Å². The summed E-state index contributed by atoms with van der Waals surface area (Å²) in [6, 6.07) is 17.6. The quantitative estimate of drug-likeness (QED) is 0.776. The molecule has 27 heavy (non-hydrogen) atoms. The largest absolute Gasteiger partial charge is 0.477 e. The molecule has 2 N–H and O–H groups in total. The smallest absolute Gasteiger partial charge is 0.353 e. The Hall–Kier alpha value is -3.06. The monoisotopic (exact) mass is 380 g/mol. The highest BCUT2D eigenvalue weighted by atomic mass is 32.2. The maximum Gasteiger partial charge on any atom is 0.353 e. The summed E-state index contributed by atoms with van der Waals surface area (Å²) in [6.07, 6.45) is 0.173. The second-order valence-corrected chi connectivity index (χ2v) is 7.40. The Labute approximate surface area is 159 Å². The van der Waals surface area contributed by atoms with Crippen molar-refractivity contribution in [3.63, 3.8) is 0 Å². The molecule has 0 aromatic heterocycles. The molecule has 6 nitrogen and oxygen atoms in total.